The number of para-hydroxylation sites is 2. The number of hydrogen-bond donors (Lipinski definition) is 0. The summed E-state index contributed by atoms with van der Waals surface area (Å²) in [6, 6.07) is 29.1. The number of nitrogens with zero attached hydrogens (tertiary/aromatic N) is 2. The molecule has 2 nitrogen and oxygen atoms in total. The molecule has 0 unspecified atom stereocenters. The molecule has 0 aliphatic rings. The Labute approximate surface area is 174 Å². The van der Waals surface area contributed by atoms with E-state index >= 15 is 0 Å². The Bertz CT molecular complexity index is 1770. The normalized spacial score (nSPS) is 13.2. The highest BCUT2D eigenvalue weighted by atomic mass is 15.1. The summed E-state index contributed by atoms with van der Waals surface area (Å²) in [6.45, 7) is 6.91. The van der Waals surface area contributed by atoms with Gasteiger partial charge in [0.25, 0.3) is 0 Å². The van der Waals surface area contributed by atoms with Crippen molar-refractivity contribution in [3.8, 4) is 0 Å². The van der Waals surface area contributed by atoms with Crippen LogP contribution in [0.2, 0.25) is 0 Å². The van der Waals surface area contributed by atoms with Crippen LogP contribution in [-0.2, 0) is 5.54 Å². The first-order valence-corrected chi connectivity index (χ1v) is 10.7. The first kappa shape index (κ1) is 16.3. The van der Waals surface area contributed by atoms with E-state index in [0.29, 0.717) is 0 Å². The maximum Gasteiger partial charge on any atom is 0.0641 e. The lowest BCUT2D eigenvalue weighted by Crippen LogP contribution is -2.21. The van der Waals surface area contributed by atoms with E-state index in [1.165, 1.54) is 59.9 Å². The third-order valence-electron chi connectivity index (χ3n) is 6.69. The van der Waals surface area contributed by atoms with Crippen LogP contribution in [0.5, 0.6) is 0 Å². The van der Waals surface area contributed by atoms with Gasteiger partial charge in [-0.3, -0.25) is 0 Å². The summed E-state index contributed by atoms with van der Waals surface area (Å²) >= 11 is 0. The SMILES string of the molecule is CC(C)(C)n1c2cccc3c4ccccc4n4c5ccccc5c5ccc1c(c32)c54. The zero-order valence-corrected chi connectivity index (χ0v) is 17.4. The van der Waals surface area contributed by atoms with Crippen LogP contribution < -0.4 is 0 Å². The molecule has 3 aromatic heterocycles. The summed E-state index contributed by atoms with van der Waals surface area (Å²) in [6.07, 6.45) is 0. The highest BCUT2D eigenvalue weighted by molar-refractivity contribution is 6.32. The van der Waals surface area contributed by atoms with Gasteiger partial charge >= 0.3 is 0 Å². The summed E-state index contributed by atoms with van der Waals surface area (Å²) < 4.78 is 5.02. The average Bonchev–Trinajstić information content (AvgIpc) is 3.21. The van der Waals surface area contributed by atoms with Gasteiger partial charge < -0.3 is 8.97 Å². The molecule has 30 heavy (non-hydrogen) atoms. The van der Waals surface area contributed by atoms with E-state index in [4.69, 9.17) is 0 Å². The minimum atomic E-state index is -0.0120. The van der Waals surface area contributed by atoms with Gasteiger partial charge in [0.05, 0.1) is 27.6 Å². The van der Waals surface area contributed by atoms with E-state index in [1.54, 1.807) is 0 Å². The van der Waals surface area contributed by atoms with E-state index in [0.717, 1.165) is 0 Å². The van der Waals surface area contributed by atoms with Crippen molar-refractivity contribution < 1.29 is 0 Å². The lowest BCUT2D eigenvalue weighted by Gasteiger charge is -2.24. The number of aromatic nitrogens is 2. The Kier molecular flexibility index (Phi) is 2.79. The van der Waals surface area contributed by atoms with Gasteiger partial charge in [0.1, 0.15) is 0 Å². The quantitative estimate of drug-likeness (QED) is 0.253. The Hall–Kier alpha value is -3.52. The molecular formula is C28H22N2. The Balaban J connectivity index is 2.01. The van der Waals surface area contributed by atoms with E-state index in [1.807, 2.05) is 0 Å². The van der Waals surface area contributed by atoms with Crippen molar-refractivity contribution in [2.75, 3.05) is 0 Å². The van der Waals surface area contributed by atoms with Crippen LogP contribution in [0.3, 0.4) is 0 Å². The van der Waals surface area contributed by atoms with Crippen LogP contribution in [0.15, 0.2) is 78.9 Å². The van der Waals surface area contributed by atoms with Gasteiger partial charge in [0.15, 0.2) is 0 Å². The summed E-state index contributed by atoms with van der Waals surface area (Å²) in [5, 5.41) is 8.03. The third kappa shape index (κ3) is 1.76. The van der Waals surface area contributed by atoms with E-state index in [2.05, 4.69) is 109 Å². The molecule has 0 aliphatic heterocycles. The molecule has 0 radical (unpaired) electrons. The molecule has 144 valence electrons. The molecule has 0 amide bonds. The average molecular weight is 386 g/mol. The fraction of sp³-hybridized carbons (Fsp3) is 0.143. The molecule has 2 heteroatoms. The lowest BCUT2D eigenvalue weighted by molar-refractivity contribution is 0.423. The molecule has 0 saturated carbocycles. The van der Waals surface area contributed by atoms with E-state index in [9.17, 15) is 0 Å². The van der Waals surface area contributed by atoms with Crippen molar-refractivity contribution in [2.45, 2.75) is 26.3 Å². The number of fused-ring (bicyclic) bond motifs is 6. The second-order valence-electron chi connectivity index (χ2n) is 9.43. The molecule has 4 aromatic carbocycles. The van der Waals surface area contributed by atoms with Crippen LogP contribution in [-0.4, -0.2) is 8.97 Å². The molecule has 3 heterocycles. The van der Waals surface area contributed by atoms with Gasteiger partial charge in [0.2, 0.25) is 0 Å². The summed E-state index contributed by atoms with van der Waals surface area (Å²) in [5.41, 5.74) is 6.49. The smallest absolute Gasteiger partial charge is 0.0641 e. The van der Waals surface area contributed by atoms with Crippen LogP contribution in [0.4, 0.5) is 0 Å². The van der Waals surface area contributed by atoms with Gasteiger partial charge in [0, 0.05) is 32.5 Å². The highest BCUT2D eigenvalue weighted by Crippen LogP contribution is 2.45. The third-order valence-corrected chi connectivity index (χ3v) is 6.69. The second-order valence-corrected chi connectivity index (χ2v) is 9.43. The first-order valence-electron chi connectivity index (χ1n) is 10.7. The highest BCUT2D eigenvalue weighted by Gasteiger charge is 2.25. The molecule has 0 bridgehead atoms. The van der Waals surface area contributed by atoms with Gasteiger partial charge in [-0.2, -0.15) is 0 Å². The molecule has 0 N–H and O–H groups in total. The van der Waals surface area contributed by atoms with Crippen molar-refractivity contribution in [1.82, 2.24) is 8.97 Å². The van der Waals surface area contributed by atoms with Gasteiger partial charge in [-0.05, 0) is 50.4 Å². The molecule has 0 saturated heterocycles. The lowest BCUT2D eigenvalue weighted by atomic mass is 10.0. The molecule has 0 fully saturated rings. The number of rotatable bonds is 0. The molecule has 7 aromatic rings. The molecule has 7 rings (SSSR count). The zero-order valence-electron chi connectivity index (χ0n) is 17.4. The minimum Gasteiger partial charge on any atom is -0.335 e. The zero-order chi connectivity index (χ0) is 20.2. The Morgan fingerprint density at radius 2 is 1.07 bits per heavy atom. The standard InChI is InChI=1S/C28H22N2/c1-28(2,3)30-23-14-8-11-19-17-9-4-6-12-21(17)29-22-13-7-5-10-18(22)20-15-16-24(30)26(25(19)23)27(20)29/h4-16H,1-3H3. The number of hydrogen-bond acceptors (Lipinski definition) is 0. The van der Waals surface area contributed by atoms with Crippen molar-refractivity contribution in [2.24, 2.45) is 0 Å². The number of benzene rings is 4. The molecule has 0 atom stereocenters. The molecular weight excluding hydrogens is 364 g/mol. The summed E-state index contributed by atoms with van der Waals surface area (Å²) in [7, 11) is 0. The van der Waals surface area contributed by atoms with Crippen LogP contribution >= 0.6 is 0 Å². The van der Waals surface area contributed by atoms with Gasteiger partial charge in [-0.1, -0.05) is 54.6 Å². The van der Waals surface area contributed by atoms with Crippen molar-refractivity contribution in [1.29, 1.82) is 0 Å². The van der Waals surface area contributed by atoms with E-state index < -0.39 is 0 Å². The monoisotopic (exact) mass is 386 g/mol. The fourth-order valence-electron chi connectivity index (χ4n) is 5.69. The Morgan fingerprint density at radius 3 is 1.77 bits per heavy atom. The van der Waals surface area contributed by atoms with Gasteiger partial charge in [-0.25, -0.2) is 0 Å². The largest absolute Gasteiger partial charge is 0.335 e. The predicted octanol–water partition coefficient (Wildman–Crippen LogP) is 7.70. The summed E-state index contributed by atoms with van der Waals surface area (Å²) in [4.78, 5) is 0. The van der Waals surface area contributed by atoms with Crippen LogP contribution in [0, 0.1) is 0 Å². The molecule has 0 aliphatic carbocycles. The fourth-order valence-corrected chi connectivity index (χ4v) is 5.69. The predicted molar refractivity (Wildman–Crippen MR) is 129 cm³/mol. The summed E-state index contributed by atoms with van der Waals surface area (Å²) in [5.74, 6) is 0. The molecule has 0 spiro atoms. The topological polar surface area (TPSA) is 9.34 Å². The van der Waals surface area contributed by atoms with Crippen molar-refractivity contribution in [3.05, 3.63) is 78.9 Å². The van der Waals surface area contributed by atoms with E-state index in [-0.39, 0.29) is 5.54 Å². The van der Waals surface area contributed by atoms with Crippen molar-refractivity contribution >= 4 is 59.9 Å². The first-order chi connectivity index (χ1) is 14.6. The maximum atomic E-state index is 2.52. The maximum absolute atomic E-state index is 2.52. The van der Waals surface area contributed by atoms with Crippen LogP contribution in [0.25, 0.3) is 59.9 Å². The van der Waals surface area contributed by atoms with Gasteiger partial charge in [-0.15, -0.1) is 0 Å². The second kappa shape index (κ2) is 5.14. The minimum absolute atomic E-state index is 0.0120. The van der Waals surface area contributed by atoms with Crippen LogP contribution in [0.1, 0.15) is 20.8 Å². The Morgan fingerprint density at radius 1 is 0.500 bits per heavy atom. The van der Waals surface area contributed by atoms with Crippen molar-refractivity contribution in [3.63, 3.8) is 0 Å².